The highest BCUT2D eigenvalue weighted by Crippen LogP contribution is 2.32. The molecule has 10 heavy (non-hydrogen) atoms. The first-order valence-electron chi connectivity index (χ1n) is 4.06. The van der Waals surface area contributed by atoms with Crippen LogP contribution in [0.2, 0.25) is 0 Å². The van der Waals surface area contributed by atoms with Gasteiger partial charge in [-0.2, -0.15) is 0 Å². The second-order valence-electron chi connectivity index (χ2n) is 3.42. The van der Waals surface area contributed by atoms with Crippen LogP contribution < -0.4 is 5.32 Å². The minimum atomic E-state index is -0.206. The van der Waals surface area contributed by atoms with E-state index in [2.05, 4.69) is 19.2 Å². The third-order valence-electron chi connectivity index (χ3n) is 1.90. The Morgan fingerprint density at radius 2 is 2.10 bits per heavy atom. The largest absolute Gasteiger partial charge is 0.309 e. The third-order valence-corrected chi connectivity index (χ3v) is 1.90. The van der Waals surface area contributed by atoms with Gasteiger partial charge in [0.2, 0.25) is 0 Å². The van der Waals surface area contributed by atoms with E-state index in [1.165, 1.54) is 12.8 Å². The SMILES string of the molecule is CC(C)NC(CF)C1CC1. The summed E-state index contributed by atoms with van der Waals surface area (Å²) >= 11 is 0. The maximum atomic E-state index is 12.2. The van der Waals surface area contributed by atoms with Gasteiger partial charge in [0.25, 0.3) is 0 Å². The van der Waals surface area contributed by atoms with E-state index < -0.39 is 0 Å². The molecule has 1 aliphatic rings. The van der Waals surface area contributed by atoms with Gasteiger partial charge in [-0.15, -0.1) is 0 Å². The molecule has 0 aromatic heterocycles. The van der Waals surface area contributed by atoms with E-state index in [4.69, 9.17) is 0 Å². The normalized spacial score (nSPS) is 21.6. The number of nitrogens with one attached hydrogen (secondary N) is 1. The summed E-state index contributed by atoms with van der Waals surface area (Å²) in [4.78, 5) is 0. The van der Waals surface area contributed by atoms with Gasteiger partial charge in [-0.1, -0.05) is 13.8 Å². The molecule has 1 atom stereocenters. The van der Waals surface area contributed by atoms with Crippen molar-refractivity contribution in [2.45, 2.75) is 38.8 Å². The predicted octanol–water partition coefficient (Wildman–Crippen LogP) is 1.73. The molecule has 1 nitrogen and oxygen atoms in total. The maximum Gasteiger partial charge on any atom is 0.105 e. The van der Waals surface area contributed by atoms with Crippen molar-refractivity contribution >= 4 is 0 Å². The number of hydrogen-bond donors (Lipinski definition) is 1. The highest BCUT2D eigenvalue weighted by Gasteiger charge is 2.30. The van der Waals surface area contributed by atoms with Gasteiger partial charge in [-0.25, -0.2) is 4.39 Å². The molecule has 0 aliphatic heterocycles. The van der Waals surface area contributed by atoms with Crippen molar-refractivity contribution in [2.75, 3.05) is 6.67 Å². The zero-order valence-electron chi connectivity index (χ0n) is 6.73. The van der Waals surface area contributed by atoms with Crippen molar-refractivity contribution in [3.05, 3.63) is 0 Å². The highest BCUT2D eigenvalue weighted by molar-refractivity contribution is 4.86. The van der Waals surface area contributed by atoms with E-state index >= 15 is 0 Å². The van der Waals surface area contributed by atoms with Crippen LogP contribution in [0.5, 0.6) is 0 Å². The van der Waals surface area contributed by atoms with E-state index in [1.807, 2.05) is 0 Å². The summed E-state index contributed by atoms with van der Waals surface area (Å²) in [6, 6.07) is 0.557. The molecule has 0 spiro atoms. The van der Waals surface area contributed by atoms with Crippen LogP contribution >= 0.6 is 0 Å². The van der Waals surface area contributed by atoms with E-state index in [1.54, 1.807) is 0 Å². The van der Waals surface area contributed by atoms with Gasteiger partial charge < -0.3 is 5.32 Å². The standard InChI is InChI=1S/C8H16FN/c1-6(2)10-8(5-9)7-3-4-7/h6-8,10H,3-5H2,1-2H3. The molecule has 0 saturated heterocycles. The molecule has 0 heterocycles. The summed E-state index contributed by atoms with van der Waals surface area (Å²) in [7, 11) is 0. The number of halogens is 1. The van der Waals surface area contributed by atoms with Crippen LogP contribution in [0.25, 0.3) is 0 Å². The van der Waals surface area contributed by atoms with Crippen LogP contribution in [-0.4, -0.2) is 18.8 Å². The Hall–Kier alpha value is -0.110. The lowest BCUT2D eigenvalue weighted by Gasteiger charge is -2.16. The van der Waals surface area contributed by atoms with Crippen molar-refractivity contribution in [3.8, 4) is 0 Å². The third kappa shape index (κ3) is 2.25. The maximum absolute atomic E-state index is 12.2. The highest BCUT2D eigenvalue weighted by atomic mass is 19.1. The Bertz CT molecular complexity index is 99.4. The van der Waals surface area contributed by atoms with Gasteiger partial charge in [0.15, 0.2) is 0 Å². The zero-order valence-corrected chi connectivity index (χ0v) is 6.73. The molecule has 1 fully saturated rings. The van der Waals surface area contributed by atoms with E-state index in [9.17, 15) is 4.39 Å². The second kappa shape index (κ2) is 3.33. The van der Waals surface area contributed by atoms with Crippen LogP contribution in [-0.2, 0) is 0 Å². The molecule has 0 aromatic carbocycles. The fourth-order valence-electron chi connectivity index (χ4n) is 1.23. The summed E-state index contributed by atoms with van der Waals surface area (Å²) in [6.45, 7) is 3.92. The molecular formula is C8H16FN. The predicted molar refractivity (Wildman–Crippen MR) is 40.8 cm³/mol. The molecule has 1 rings (SSSR count). The monoisotopic (exact) mass is 145 g/mol. The van der Waals surface area contributed by atoms with Crippen molar-refractivity contribution in [1.29, 1.82) is 0 Å². The molecule has 0 radical (unpaired) electrons. The summed E-state index contributed by atoms with van der Waals surface area (Å²) < 4.78 is 12.2. The van der Waals surface area contributed by atoms with E-state index in [-0.39, 0.29) is 12.7 Å². The molecule has 0 bridgehead atoms. The Labute approximate surface area is 62.0 Å². The molecule has 1 unspecified atom stereocenters. The molecule has 1 saturated carbocycles. The van der Waals surface area contributed by atoms with Crippen molar-refractivity contribution in [1.82, 2.24) is 5.32 Å². The molecule has 2 heteroatoms. The van der Waals surface area contributed by atoms with Gasteiger partial charge in [0.1, 0.15) is 6.67 Å². The Morgan fingerprint density at radius 1 is 1.50 bits per heavy atom. The average Bonchev–Trinajstić information content (AvgIpc) is 2.63. The van der Waals surface area contributed by atoms with Crippen LogP contribution in [0.15, 0.2) is 0 Å². The van der Waals surface area contributed by atoms with Crippen molar-refractivity contribution in [2.24, 2.45) is 5.92 Å². The molecule has 0 amide bonds. The zero-order chi connectivity index (χ0) is 7.56. The summed E-state index contributed by atoms with van der Waals surface area (Å²) in [5, 5.41) is 3.22. The van der Waals surface area contributed by atoms with Gasteiger partial charge in [-0.3, -0.25) is 0 Å². The van der Waals surface area contributed by atoms with E-state index in [0.29, 0.717) is 12.0 Å². The summed E-state index contributed by atoms with van der Waals surface area (Å²) in [5.74, 6) is 0.632. The summed E-state index contributed by atoms with van der Waals surface area (Å²) in [5.41, 5.74) is 0. The molecule has 0 aromatic rings. The van der Waals surface area contributed by atoms with Crippen molar-refractivity contribution in [3.63, 3.8) is 0 Å². The quantitative estimate of drug-likeness (QED) is 0.635. The first-order valence-corrected chi connectivity index (χ1v) is 4.06. The van der Waals surface area contributed by atoms with Gasteiger partial charge in [0.05, 0.1) is 0 Å². The molecule has 1 aliphatic carbocycles. The molecular weight excluding hydrogens is 129 g/mol. The summed E-state index contributed by atoms with van der Waals surface area (Å²) in [6.07, 6.45) is 2.43. The number of alkyl halides is 1. The Kier molecular flexibility index (Phi) is 2.66. The van der Waals surface area contributed by atoms with E-state index in [0.717, 1.165) is 0 Å². The van der Waals surface area contributed by atoms with Gasteiger partial charge in [0, 0.05) is 12.1 Å². The molecule has 1 N–H and O–H groups in total. The number of rotatable bonds is 4. The second-order valence-corrected chi connectivity index (χ2v) is 3.42. The smallest absolute Gasteiger partial charge is 0.105 e. The van der Waals surface area contributed by atoms with Gasteiger partial charge >= 0.3 is 0 Å². The van der Waals surface area contributed by atoms with Crippen LogP contribution in [0.4, 0.5) is 4.39 Å². The lowest BCUT2D eigenvalue weighted by Crippen LogP contribution is -2.37. The van der Waals surface area contributed by atoms with Crippen LogP contribution in [0.1, 0.15) is 26.7 Å². The Balaban J connectivity index is 2.19. The van der Waals surface area contributed by atoms with Crippen LogP contribution in [0, 0.1) is 5.92 Å². The lowest BCUT2D eigenvalue weighted by atomic mass is 10.2. The lowest BCUT2D eigenvalue weighted by molar-refractivity contribution is 0.328. The fourth-order valence-corrected chi connectivity index (χ4v) is 1.23. The first-order chi connectivity index (χ1) is 4.74. The Morgan fingerprint density at radius 3 is 2.40 bits per heavy atom. The first kappa shape index (κ1) is 7.99. The number of hydrogen-bond acceptors (Lipinski definition) is 1. The van der Waals surface area contributed by atoms with Crippen molar-refractivity contribution < 1.29 is 4.39 Å². The fraction of sp³-hybridized carbons (Fsp3) is 1.00. The minimum absolute atomic E-state index is 0.139. The minimum Gasteiger partial charge on any atom is -0.309 e. The average molecular weight is 145 g/mol. The topological polar surface area (TPSA) is 12.0 Å². The molecule has 60 valence electrons. The van der Waals surface area contributed by atoms with Gasteiger partial charge in [-0.05, 0) is 18.8 Å². The van der Waals surface area contributed by atoms with Crippen LogP contribution in [0.3, 0.4) is 0 Å².